The van der Waals surface area contributed by atoms with Gasteiger partial charge in [0.25, 0.3) is 0 Å². The fourth-order valence-electron chi connectivity index (χ4n) is 1.03. The Morgan fingerprint density at radius 3 is 2.79 bits per heavy atom. The van der Waals surface area contributed by atoms with Gasteiger partial charge in [0.2, 0.25) is 0 Å². The van der Waals surface area contributed by atoms with Gasteiger partial charge in [-0.25, -0.2) is 4.79 Å². The molecule has 0 bridgehead atoms. The van der Waals surface area contributed by atoms with Crippen LogP contribution in [0.25, 0.3) is 0 Å². The Morgan fingerprint density at radius 2 is 2.21 bits per heavy atom. The molecule has 2 N–H and O–H groups in total. The second kappa shape index (κ2) is 4.81. The number of benzene rings is 1. The number of halogens is 1. The summed E-state index contributed by atoms with van der Waals surface area (Å²) in [5.41, 5.74) is 1.96. The highest BCUT2D eigenvalue weighted by Gasteiger charge is 1.94. The molecule has 0 heterocycles. The molecule has 0 saturated heterocycles. The lowest BCUT2D eigenvalue weighted by Gasteiger charge is -2.02. The molecule has 74 valence electrons. The third-order valence-corrected chi connectivity index (χ3v) is 1.98. The van der Waals surface area contributed by atoms with E-state index in [9.17, 15) is 4.79 Å². The van der Waals surface area contributed by atoms with E-state index in [1.165, 1.54) is 6.20 Å². The van der Waals surface area contributed by atoms with E-state index >= 15 is 0 Å². The lowest BCUT2D eigenvalue weighted by atomic mass is 10.2. The maximum Gasteiger partial charge on any atom is 0.329 e. The van der Waals surface area contributed by atoms with Crippen molar-refractivity contribution in [3.8, 4) is 0 Å². The number of carbonyl (C=O) groups is 1. The van der Waals surface area contributed by atoms with Gasteiger partial charge >= 0.3 is 5.97 Å². The summed E-state index contributed by atoms with van der Waals surface area (Å²) in [6.07, 6.45) is 2.44. The fourth-order valence-corrected chi connectivity index (χ4v) is 1.64. The van der Waals surface area contributed by atoms with Gasteiger partial charge in [-0.3, -0.25) is 0 Å². The first kappa shape index (κ1) is 10.8. The van der Waals surface area contributed by atoms with Crippen LogP contribution >= 0.6 is 15.9 Å². The average molecular weight is 256 g/mol. The molecule has 0 aromatic heterocycles. The molecule has 0 atom stereocenters. The van der Waals surface area contributed by atoms with Crippen LogP contribution in [0.4, 0.5) is 5.69 Å². The van der Waals surface area contributed by atoms with Gasteiger partial charge < -0.3 is 10.4 Å². The van der Waals surface area contributed by atoms with Crippen LogP contribution in [0.1, 0.15) is 5.56 Å². The molecule has 0 amide bonds. The van der Waals surface area contributed by atoms with Crippen LogP contribution in [0.15, 0.2) is 34.9 Å². The number of nitrogens with one attached hydrogen (secondary N) is 1. The molecule has 0 fully saturated rings. The van der Waals surface area contributed by atoms with E-state index in [4.69, 9.17) is 5.11 Å². The van der Waals surface area contributed by atoms with Crippen LogP contribution in [0.3, 0.4) is 0 Å². The van der Waals surface area contributed by atoms with Crippen molar-refractivity contribution in [3.05, 3.63) is 40.5 Å². The second-order valence-corrected chi connectivity index (χ2v) is 3.75. The molecule has 0 aliphatic carbocycles. The number of rotatable bonds is 3. The molecule has 3 nitrogen and oxygen atoms in total. The van der Waals surface area contributed by atoms with Crippen molar-refractivity contribution in [2.24, 2.45) is 0 Å². The minimum atomic E-state index is -0.968. The van der Waals surface area contributed by atoms with E-state index in [0.29, 0.717) is 0 Å². The smallest absolute Gasteiger partial charge is 0.329 e. The van der Waals surface area contributed by atoms with Crippen molar-refractivity contribution >= 4 is 27.6 Å². The predicted molar refractivity (Wildman–Crippen MR) is 59.3 cm³/mol. The van der Waals surface area contributed by atoms with Gasteiger partial charge in [0.1, 0.15) is 0 Å². The second-order valence-electron chi connectivity index (χ2n) is 2.83. The predicted octanol–water partition coefficient (Wildman–Crippen LogP) is 2.77. The van der Waals surface area contributed by atoms with Crippen LogP contribution in [0.5, 0.6) is 0 Å². The largest absolute Gasteiger partial charge is 0.478 e. The molecule has 1 aromatic carbocycles. The van der Waals surface area contributed by atoms with Crippen molar-refractivity contribution in [3.63, 3.8) is 0 Å². The summed E-state index contributed by atoms with van der Waals surface area (Å²) in [6, 6.07) is 5.78. The summed E-state index contributed by atoms with van der Waals surface area (Å²) in [6.45, 7) is 1.97. The van der Waals surface area contributed by atoms with Gasteiger partial charge in [-0.1, -0.05) is 15.9 Å². The van der Waals surface area contributed by atoms with Crippen molar-refractivity contribution in [1.82, 2.24) is 0 Å². The number of hydrogen-bond acceptors (Lipinski definition) is 2. The highest BCUT2D eigenvalue weighted by Crippen LogP contribution is 2.18. The van der Waals surface area contributed by atoms with Crippen LogP contribution in [-0.4, -0.2) is 11.1 Å². The van der Waals surface area contributed by atoms with Crippen molar-refractivity contribution in [1.29, 1.82) is 0 Å². The average Bonchev–Trinajstić information content (AvgIpc) is 2.01. The molecule has 14 heavy (non-hydrogen) atoms. The molecule has 0 saturated carbocycles. The van der Waals surface area contributed by atoms with Crippen LogP contribution in [0.2, 0.25) is 0 Å². The molecular formula is C10H10BrNO2. The van der Waals surface area contributed by atoms with E-state index < -0.39 is 5.97 Å². The summed E-state index contributed by atoms with van der Waals surface area (Å²) in [4.78, 5) is 10.2. The Morgan fingerprint density at radius 1 is 1.50 bits per heavy atom. The molecular weight excluding hydrogens is 246 g/mol. The zero-order valence-electron chi connectivity index (χ0n) is 7.62. The van der Waals surface area contributed by atoms with Crippen LogP contribution in [-0.2, 0) is 4.79 Å². The zero-order chi connectivity index (χ0) is 10.6. The Balaban J connectivity index is 2.72. The Labute approximate surface area is 90.6 Å². The Bertz CT molecular complexity index is 354. The molecule has 4 heteroatoms. The number of aliphatic carboxylic acids is 1. The first-order valence-electron chi connectivity index (χ1n) is 4.01. The first-order chi connectivity index (χ1) is 6.58. The maximum atomic E-state index is 10.2. The Hall–Kier alpha value is -1.29. The van der Waals surface area contributed by atoms with Crippen LogP contribution < -0.4 is 5.32 Å². The van der Waals surface area contributed by atoms with E-state index in [0.717, 1.165) is 21.8 Å². The molecule has 0 spiro atoms. The summed E-state index contributed by atoms with van der Waals surface area (Å²) < 4.78 is 0.962. The zero-order valence-corrected chi connectivity index (χ0v) is 9.21. The van der Waals surface area contributed by atoms with Gasteiger partial charge in [0, 0.05) is 22.4 Å². The third kappa shape index (κ3) is 3.62. The highest BCUT2D eigenvalue weighted by atomic mass is 79.9. The van der Waals surface area contributed by atoms with Gasteiger partial charge in [0.15, 0.2) is 0 Å². The van der Waals surface area contributed by atoms with Gasteiger partial charge in [0.05, 0.1) is 0 Å². The topological polar surface area (TPSA) is 49.3 Å². The maximum absolute atomic E-state index is 10.2. The molecule has 0 aliphatic heterocycles. The standard InChI is InChI=1S/C10H10BrNO2/c1-7-4-8(11)6-9(5-7)12-3-2-10(13)14/h2-6,12H,1H3,(H,13,14)/b3-2+. The van der Waals surface area contributed by atoms with Gasteiger partial charge in [-0.15, -0.1) is 0 Å². The normalized spacial score (nSPS) is 10.4. The van der Waals surface area contributed by atoms with E-state index in [1.807, 2.05) is 25.1 Å². The van der Waals surface area contributed by atoms with Crippen LogP contribution in [0, 0.1) is 6.92 Å². The van der Waals surface area contributed by atoms with Crippen molar-refractivity contribution < 1.29 is 9.90 Å². The van der Waals surface area contributed by atoms with E-state index in [-0.39, 0.29) is 0 Å². The summed E-state index contributed by atoms with van der Waals surface area (Å²) >= 11 is 3.35. The number of carboxylic acids is 1. The SMILES string of the molecule is Cc1cc(Br)cc(N/C=C/C(=O)O)c1. The molecule has 0 radical (unpaired) electrons. The number of anilines is 1. The summed E-state index contributed by atoms with van der Waals surface area (Å²) in [5, 5.41) is 11.2. The van der Waals surface area contributed by atoms with E-state index in [2.05, 4.69) is 21.2 Å². The lowest BCUT2D eigenvalue weighted by molar-refractivity contribution is -0.131. The van der Waals surface area contributed by atoms with Crippen molar-refractivity contribution in [2.75, 3.05) is 5.32 Å². The monoisotopic (exact) mass is 255 g/mol. The molecule has 0 aliphatic rings. The van der Waals surface area contributed by atoms with Gasteiger partial charge in [-0.05, 0) is 30.7 Å². The molecule has 1 aromatic rings. The quantitative estimate of drug-likeness (QED) is 0.817. The third-order valence-electron chi connectivity index (χ3n) is 1.52. The molecule has 0 unspecified atom stereocenters. The fraction of sp³-hybridized carbons (Fsp3) is 0.100. The summed E-state index contributed by atoms with van der Waals surface area (Å²) in [5.74, 6) is -0.968. The minimum Gasteiger partial charge on any atom is -0.478 e. The first-order valence-corrected chi connectivity index (χ1v) is 4.80. The van der Waals surface area contributed by atoms with Gasteiger partial charge in [-0.2, -0.15) is 0 Å². The Kier molecular flexibility index (Phi) is 3.71. The highest BCUT2D eigenvalue weighted by molar-refractivity contribution is 9.10. The lowest BCUT2D eigenvalue weighted by Crippen LogP contribution is -1.92. The number of aryl methyl sites for hydroxylation is 1. The van der Waals surface area contributed by atoms with Crippen molar-refractivity contribution in [2.45, 2.75) is 6.92 Å². The number of carboxylic acid groups (broad SMARTS) is 1. The summed E-state index contributed by atoms with van der Waals surface area (Å²) in [7, 11) is 0. The number of hydrogen-bond donors (Lipinski definition) is 2. The molecule has 1 rings (SSSR count). The van der Waals surface area contributed by atoms with E-state index in [1.54, 1.807) is 0 Å². The minimum absolute atomic E-state index is 0.856.